The molecule has 0 aliphatic heterocycles. The molecule has 2 unspecified atom stereocenters. The van der Waals surface area contributed by atoms with Crippen LogP contribution in [0.15, 0.2) is 42.5 Å². The van der Waals surface area contributed by atoms with Crippen molar-refractivity contribution in [3.8, 4) is 5.75 Å². The van der Waals surface area contributed by atoms with Gasteiger partial charge in [0.15, 0.2) is 0 Å². The molecule has 36 heavy (non-hydrogen) atoms. The van der Waals surface area contributed by atoms with Gasteiger partial charge in [-0.05, 0) is 69.2 Å². The minimum absolute atomic E-state index is 0.0334. The van der Waals surface area contributed by atoms with E-state index in [0.29, 0.717) is 33.7 Å². The average Bonchev–Trinajstić information content (AvgIpc) is 2.82. The SMILES string of the molecule is CCOc1ccc(N(CC(=O)N(Cc2ccc(Cl)c(Cl)c2)C(C)C(=O)NC(C)CC)S(C)(=O)=O)cc1. The minimum Gasteiger partial charge on any atom is -0.494 e. The largest absolute Gasteiger partial charge is 0.494 e. The molecule has 0 spiro atoms. The predicted molar refractivity (Wildman–Crippen MR) is 144 cm³/mol. The lowest BCUT2D eigenvalue weighted by Crippen LogP contribution is -2.52. The molecule has 0 aromatic heterocycles. The third kappa shape index (κ3) is 8.28. The van der Waals surface area contributed by atoms with E-state index in [0.717, 1.165) is 17.0 Å². The molecule has 2 aromatic rings. The molecule has 11 heteroatoms. The van der Waals surface area contributed by atoms with Gasteiger partial charge in [0.05, 0.1) is 28.6 Å². The Bertz CT molecular complexity index is 1160. The van der Waals surface area contributed by atoms with Gasteiger partial charge in [0.1, 0.15) is 18.3 Å². The molecule has 198 valence electrons. The fourth-order valence-electron chi connectivity index (χ4n) is 3.37. The Hall–Kier alpha value is -2.49. The molecule has 0 aliphatic rings. The summed E-state index contributed by atoms with van der Waals surface area (Å²) < 4.78 is 31.7. The number of ether oxygens (including phenoxy) is 1. The molecule has 0 fully saturated rings. The highest BCUT2D eigenvalue weighted by atomic mass is 35.5. The van der Waals surface area contributed by atoms with Gasteiger partial charge < -0.3 is 15.0 Å². The summed E-state index contributed by atoms with van der Waals surface area (Å²) in [5, 5.41) is 3.55. The van der Waals surface area contributed by atoms with Crippen LogP contribution in [0.1, 0.15) is 39.7 Å². The third-order valence-corrected chi connectivity index (χ3v) is 7.50. The summed E-state index contributed by atoms with van der Waals surface area (Å²) in [6, 6.07) is 10.4. The zero-order valence-electron chi connectivity index (χ0n) is 21.1. The van der Waals surface area contributed by atoms with Crippen LogP contribution in [-0.2, 0) is 26.2 Å². The first-order chi connectivity index (χ1) is 16.9. The van der Waals surface area contributed by atoms with Crippen LogP contribution in [0.25, 0.3) is 0 Å². The van der Waals surface area contributed by atoms with Crippen LogP contribution < -0.4 is 14.4 Å². The molecule has 0 saturated carbocycles. The summed E-state index contributed by atoms with van der Waals surface area (Å²) in [7, 11) is -3.82. The van der Waals surface area contributed by atoms with Gasteiger partial charge in [0.25, 0.3) is 0 Å². The second kappa shape index (κ2) is 13.2. The van der Waals surface area contributed by atoms with Crippen LogP contribution in [-0.4, -0.2) is 56.6 Å². The van der Waals surface area contributed by atoms with Gasteiger partial charge in [-0.2, -0.15) is 0 Å². The summed E-state index contributed by atoms with van der Waals surface area (Å²) >= 11 is 12.2. The van der Waals surface area contributed by atoms with Crippen LogP contribution >= 0.6 is 23.2 Å². The van der Waals surface area contributed by atoms with Crippen molar-refractivity contribution >= 4 is 50.7 Å². The van der Waals surface area contributed by atoms with Crippen molar-refractivity contribution in [2.45, 2.75) is 52.7 Å². The van der Waals surface area contributed by atoms with Gasteiger partial charge in [-0.3, -0.25) is 13.9 Å². The van der Waals surface area contributed by atoms with Crippen LogP contribution in [0.2, 0.25) is 10.0 Å². The highest BCUT2D eigenvalue weighted by Gasteiger charge is 2.30. The van der Waals surface area contributed by atoms with Crippen molar-refractivity contribution in [3.63, 3.8) is 0 Å². The number of nitrogens with zero attached hydrogens (tertiary/aromatic N) is 2. The molecule has 0 aliphatic carbocycles. The summed E-state index contributed by atoms with van der Waals surface area (Å²) in [4.78, 5) is 27.8. The molecule has 0 radical (unpaired) electrons. The van der Waals surface area contributed by atoms with Gasteiger partial charge in [0.2, 0.25) is 21.8 Å². The van der Waals surface area contributed by atoms with Crippen molar-refractivity contribution in [2.75, 3.05) is 23.7 Å². The van der Waals surface area contributed by atoms with Crippen molar-refractivity contribution in [1.82, 2.24) is 10.2 Å². The number of sulfonamides is 1. The molecule has 2 atom stereocenters. The molecule has 2 rings (SSSR count). The Kier molecular flexibility index (Phi) is 10.9. The molecule has 8 nitrogen and oxygen atoms in total. The molecule has 0 heterocycles. The fraction of sp³-hybridized carbons (Fsp3) is 0.440. The Morgan fingerprint density at radius 1 is 1.03 bits per heavy atom. The van der Waals surface area contributed by atoms with Gasteiger partial charge in [0, 0.05) is 12.6 Å². The number of amides is 2. The van der Waals surface area contributed by atoms with E-state index in [-0.39, 0.29) is 18.5 Å². The second-order valence-corrected chi connectivity index (χ2v) is 11.2. The third-order valence-electron chi connectivity index (χ3n) is 5.62. The number of nitrogens with one attached hydrogen (secondary N) is 1. The summed E-state index contributed by atoms with van der Waals surface area (Å²) in [6.45, 7) is 7.27. The minimum atomic E-state index is -3.82. The maximum absolute atomic E-state index is 13.6. The zero-order chi connectivity index (χ0) is 27.0. The van der Waals surface area contributed by atoms with Gasteiger partial charge in [-0.1, -0.05) is 36.2 Å². The van der Waals surface area contributed by atoms with E-state index >= 15 is 0 Å². The second-order valence-electron chi connectivity index (χ2n) is 8.46. The Morgan fingerprint density at radius 2 is 1.67 bits per heavy atom. The van der Waals surface area contributed by atoms with Crippen molar-refractivity contribution in [2.24, 2.45) is 0 Å². The number of rotatable bonds is 12. The first kappa shape index (κ1) is 29.7. The quantitative estimate of drug-likeness (QED) is 0.414. The lowest BCUT2D eigenvalue weighted by Gasteiger charge is -2.32. The monoisotopic (exact) mass is 557 g/mol. The van der Waals surface area contributed by atoms with Crippen LogP contribution in [0, 0.1) is 0 Å². The fourth-order valence-corrected chi connectivity index (χ4v) is 4.54. The van der Waals surface area contributed by atoms with Gasteiger partial charge in [-0.15, -0.1) is 0 Å². The number of anilines is 1. The van der Waals surface area contributed by atoms with Gasteiger partial charge in [-0.25, -0.2) is 8.42 Å². The molecule has 2 aromatic carbocycles. The maximum atomic E-state index is 13.6. The van der Waals surface area contributed by atoms with E-state index in [2.05, 4.69) is 5.32 Å². The Morgan fingerprint density at radius 3 is 2.19 bits per heavy atom. The maximum Gasteiger partial charge on any atom is 0.244 e. The number of hydrogen-bond donors (Lipinski definition) is 1. The lowest BCUT2D eigenvalue weighted by molar-refractivity contribution is -0.139. The van der Waals surface area contributed by atoms with Crippen LogP contribution in [0.4, 0.5) is 5.69 Å². The van der Waals surface area contributed by atoms with E-state index in [1.807, 2.05) is 20.8 Å². The van der Waals surface area contributed by atoms with Crippen molar-refractivity contribution in [3.05, 3.63) is 58.1 Å². The summed E-state index contributed by atoms with van der Waals surface area (Å²) in [5.74, 6) is -0.311. The van der Waals surface area contributed by atoms with Crippen LogP contribution in [0.5, 0.6) is 5.75 Å². The van der Waals surface area contributed by atoms with E-state index in [1.165, 1.54) is 4.90 Å². The average molecular weight is 559 g/mol. The number of carbonyl (C=O) groups is 2. The molecule has 0 saturated heterocycles. The van der Waals surface area contributed by atoms with Gasteiger partial charge >= 0.3 is 0 Å². The lowest BCUT2D eigenvalue weighted by atomic mass is 10.1. The number of benzene rings is 2. The summed E-state index contributed by atoms with van der Waals surface area (Å²) in [6.07, 6.45) is 1.75. The normalized spacial score (nSPS) is 13.0. The van der Waals surface area contributed by atoms with E-state index in [1.54, 1.807) is 49.4 Å². The highest BCUT2D eigenvalue weighted by molar-refractivity contribution is 7.92. The molecular formula is C25H33Cl2N3O5S. The van der Waals surface area contributed by atoms with Crippen molar-refractivity contribution < 1.29 is 22.7 Å². The van der Waals surface area contributed by atoms with Crippen molar-refractivity contribution in [1.29, 1.82) is 0 Å². The molecule has 1 N–H and O–H groups in total. The molecule has 0 bridgehead atoms. The first-order valence-electron chi connectivity index (χ1n) is 11.6. The van der Waals surface area contributed by atoms with E-state index in [9.17, 15) is 18.0 Å². The zero-order valence-corrected chi connectivity index (χ0v) is 23.5. The standard InChI is InChI=1S/C25H33Cl2N3O5S/c1-6-17(3)28-25(32)18(4)29(15-19-8-13-22(26)23(27)14-19)24(31)16-30(36(5,33)34)20-9-11-21(12-10-20)35-7-2/h8-14,17-18H,6-7,15-16H2,1-5H3,(H,28,32). The molecule has 2 amide bonds. The Labute approximate surface area is 223 Å². The van der Waals surface area contributed by atoms with E-state index in [4.69, 9.17) is 27.9 Å². The smallest absolute Gasteiger partial charge is 0.244 e. The Balaban J connectivity index is 2.39. The predicted octanol–water partition coefficient (Wildman–Crippen LogP) is 4.49. The molecular weight excluding hydrogens is 525 g/mol. The first-order valence-corrected chi connectivity index (χ1v) is 14.2. The summed E-state index contributed by atoms with van der Waals surface area (Å²) in [5.41, 5.74) is 0.952. The highest BCUT2D eigenvalue weighted by Crippen LogP contribution is 2.25. The number of carbonyl (C=O) groups excluding carboxylic acids is 2. The van der Waals surface area contributed by atoms with E-state index < -0.39 is 28.5 Å². The number of hydrogen-bond acceptors (Lipinski definition) is 5. The van der Waals surface area contributed by atoms with Crippen LogP contribution in [0.3, 0.4) is 0 Å². The number of halogens is 2. The topological polar surface area (TPSA) is 96.0 Å².